The minimum atomic E-state index is 0.302. The van der Waals surface area contributed by atoms with Gasteiger partial charge in [0, 0.05) is 24.0 Å². The lowest BCUT2D eigenvalue weighted by Gasteiger charge is -2.08. The number of rotatable bonds is 3. The first-order valence-electron chi connectivity index (χ1n) is 4.79. The van der Waals surface area contributed by atoms with Gasteiger partial charge in [0.15, 0.2) is 11.6 Å². The Morgan fingerprint density at radius 2 is 2.00 bits per heavy atom. The van der Waals surface area contributed by atoms with E-state index >= 15 is 0 Å². The van der Waals surface area contributed by atoms with Crippen LogP contribution in [0.5, 0.6) is 5.75 Å². The lowest BCUT2D eigenvalue weighted by Crippen LogP contribution is -2.00. The van der Waals surface area contributed by atoms with Gasteiger partial charge in [0.2, 0.25) is 0 Å². The fourth-order valence-corrected chi connectivity index (χ4v) is 1.46. The Balaban J connectivity index is 2.07. The first kappa shape index (κ1) is 12.0. The molecule has 6 heteroatoms. The van der Waals surface area contributed by atoms with Crippen molar-refractivity contribution in [3.8, 4) is 5.75 Å². The SMILES string of the molecule is Nc1ncc(Cl)cc1OCc1ccc(Cl)nc1. The van der Waals surface area contributed by atoms with Crippen molar-refractivity contribution in [1.82, 2.24) is 9.97 Å². The van der Waals surface area contributed by atoms with E-state index in [0.29, 0.717) is 28.3 Å². The Kier molecular flexibility index (Phi) is 3.66. The highest BCUT2D eigenvalue weighted by Crippen LogP contribution is 2.23. The third-order valence-electron chi connectivity index (χ3n) is 2.03. The van der Waals surface area contributed by atoms with Gasteiger partial charge in [0.25, 0.3) is 0 Å². The van der Waals surface area contributed by atoms with Crippen molar-refractivity contribution in [2.75, 3.05) is 5.73 Å². The molecule has 4 nitrogen and oxygen atoms in total. The highest BCUT2D eigenvalue weighted by atomic mass is 35.5. The van der Waals surface area contributed by atoms with Crippen molar-refractivity contribution < 1.29 is 4.74 Å². The van der Waals surface area contributed by atoms with Crippen LogP contribution in [0.25, 0.3) is 0 Å². The molecule has 0 atom stereocenters. The van der Waals surface area contributed by atoms with E-state index in [9.17, 15) is 0 Å². The van der Waals surface area contributed by atoms with Crippen molar-refractivity contribution in [1.29, 1.82) is 0 Å². The molecule has 0 fully saturated rings. The van der Waals surface area contributed by atoms with Crippen LogP contribution in [0.3, 0.4) is 0 Å². The summed E-state index contributed by atoms with van der Waals surface area (Å²) in [6.07, 6.45) is 3.10. The Morgan fingerprint density at radius 3 is 2.71 bits per heavy atom. The summed E-state index contributed by atoms with van der Waals surface area (Å²) in [5.74, 6) is 0.753. The zero-order valence-electron chi connectivity index (χ0n) is 8.73. The summed E-state index contributed by atoms with van der Waals surface area (Å²) >= 11 is 11.5. The molecule has 2 heterocycles. The highest BCUT2D eigenvalue weighted by molar-refractivity contribution is 6.30. The second-order valence-corrected chi connectivity index (χ2v) is 4.14. The topological polar surface area (TPSA) is 61.0 Å². The molecule has 0 aliphatic heterocycles. The molecular formula is C11H9Cl2N3O. The number of halogens is 2. The lowest BCUT2D eigenvalue weighted by molar-refractivity contribution is 0.306. The summed E-state index contributed by atoms with van der Waals surface area (Å²) in [4.78, 5) is 7.83. The number of nitrogen functional groups attached to an aromatic ring is 1. The van der Waals surface area contributed by atoms with E-state index < -0.39 is 0 Å². The van der Waals surface area contributed by atoms with E-state index in [1.807, 2.05) is 6.07 Å². The quantitative estimate of drug-likeness (QED) is 0.871. The summed E-state index contributed by atoms with van der Waals surface area (Å²) in [5, 5.41) is 0.918. The van der Waals surface area contributed by atoms with Crippen LogP contribution in [0, 0.1) is 0 Å². The van der Waals surface area contributed by atoms with Gasteiger partial charge in [-0.05, 0) is 6.07 Å². The molecule has 2 aromatic heterocycles. The van der Waals surface area contributed by atoms with Crippen LogP contribution < -0.4 is 10.5 Å². The van der Waals surface area contributed by atoms with E-state index in [2.05, 4.69) is 9.97 Å². The number of anilines is 1. The lowest BCUT2D eigenvalue weighted by atomic mass is 10.3. The number of ether oxygens (including phenoxy) is 1. The number of nitrogens with two attached hydrogens (primary N) is 1. The molecule has 0 spiro atoms. The number of aromatic nitrogens is 2. The number of pyridine rings is 2. The van der Waals surface area contributed by atoms with Crippen LogP contribution in [0.2, 0.25) is 10.2 Å². The van der Waals surface area contributed by atoms with E-state index in [4.69, 9.17) is 33.7 Å². The van der Waals surface area contributed by atoms with Crippen LogP contribution in [0.15, 0.2) is 30.6 Å². The monoisotopic (exact) mass is 269 g/mol. The number of hydrogen-bond acceptors (Lipinski definition) is 4. The molecule has 0 unspecified atom stereocenters. The Hall–Kier alpha value is -1.52. The maximum atomic E-state index is 5.79. The Morgan fingerprint density at radius 1 is 1.18 bits per heavy atom. The zero-order valence-corrected chi connectivity index (χ0v) is 10.2. The summed E-state index contributed by atoms with van der Waals surface area (Å²) in [6, 6.07) is 5.14. The van der Waals surface area contributed by atoms with E-state index in [1.54, 1.807) is 18.3 Å². The van der Waals surface area contributed by atoms with Crippen molar-refractivity contribution in [3.63, 3.8) is 0 Å². The second kappa shape index (κ2) is 5.21. The van der Waals surface area contributed by atoms with Gasteiger partial charge in [-0.2, -0.15) is 0 Å². The molecule has 0 saturated heterocycles. The predicted octanol–water partition coefficient (Wildman–Crippen LogP) is 2.94. The standard InChI is InChI=1S/C11H9Cl2N3O/c12-8-3-9(11(14)16-5-8)17-6-7-1-2-10(13)15-4-7/h1-5H,6H2,(H2,14,16). The summed E-state index contributed by atoms with van der Waals surface area (Å²) < 4.78 is 5.49. The van der Waals surface area contributed by atoms with E-state index in [1.165, 1.54) is 6.20 Å². The molecule has 2 N–H and O–H groups in total. The van der Waals surface area contributed by atoms with Gasteiger partial charge < -0.3 is 10.5 Å². The fourth-order valence-electron chi connectivity index (χ4n) is 1.20. The third kappa shape index (κ3) is 3.22. The van der Waals surface area contributed by atoms with Crippen LogP contribution in [0.4, 0.5) is 5.82 Å². The molecule has 0 aliphatic carbocycles. The zero-order chi connectivity index (χ0) is 12.3. The van der Waals surface area contributed by atoms with Crippen LogP contribution in [-0.2, 0) is 6.61 Å². The predicted molar refractivity (Wildman–Crippen MR) is 67.2 cm³/mol. The minimum Gasteiger partial charge on any atom is -0.485 e. The summed E-state index contributed by atoms with van der Waals surface area (Å²) in [7, 11) is 0. The molecule has 2 aromatic rings. The van der Waals surface area contributed by atoms with E-state index in [-0.39, 0.29) is 0 Å². The van der Waals surface area contributed by atoms with Gasteiger partial charge in [0.05, 0.1) is 5.02 Å². The van der Waals surface area contributed by atoms with Gasteiger partial charge in [-0.15, -0.1) is 0 Å². The van der Waals surface area contributed by atoms with Gasteiger partial charge >= 0.3 is 0 Å². The molecule has 17 heavy (non-hydrogen) atoms. The molecule has 0 bridgehead atoms. The smallest absolute Gasteiger partial charge is 0.166 e. The van der Waals surface area contributed by atoms with Crippen molar-refractivity contribution >= 4 is 29.0 Å². The van der Waals surface area contributed by atoms with Crippen molar-refractivity contribution in [2.45, 2.75) is 6.61 Å². The van der Waals surface area contributed by atoms with Gasteiger partial charge in [-0.1, -0.05) is 29.3 Å². The van der Waals surface area contributed by atoms with Crippen molar-refractivity contribution in [2.24, 2.45) is 0 Å². The van der Waals surface area contributed by atoms with Gasteiger partial charge in [-0.25, -0.2) is 9.97 Å². The molecule has 0 aliphatic rings. The van der Waals surface area contributed by atoms with Crippen LogP contribution >= 0.6 is 23.2 Å². The van der Waals surface area contributed by atoms with Crippen LogP contribution in [-0.4, -0.2) is 9.97 Å². The largest absolute Gasteiger partial charge is 0.485 e. The van der Waals surface area contributed by atoms with Gasteiger partial charge in [0.1, 0.15) is 11.8 Å². The molecule has 0 saturated carbocycles. The molecular weight excluding hydrogens is 261 g/mol. The fraction of sp³-hybridized carbons (Fsp3) is 0.0909. The Labute approximate surface area is 108 Å². The minimum absolute atomic E-state index is 0.302. The molecule has 0 amide bonds. The highest BCUT2D eigenvalue weighted by Gasteiger charge is 2.03. The van der Waals surface area contributed by atoms with Gasteiger partial charge in [-0.3, -0.25) is 0 Å². The molecule has 0 radical (unpaired) electrons. The molecule has 88 valence electrons. The molecule has 0 aromatic carbocycles. The maximum absolute atomic E-state index is 5.79. The molecule has 2 rings (SSSR count). The average molecular weight is 270 g/mol. The van der Waals surface area contributed by atoms with Crippen molar-refractivity contribution in [3.05, 3.63) is 46.3 Å². The van der Waals surface area contributed by atoms with Crippen LogP contribution in [0.1, 0.15) is 5.56 Å². The number of nitrogens with zero attached hydrogens (tertiary/aromatic N) is 2. The third-order valence-corrected chi connectivity index (χ3v) is 2.46. The normalized spacial score (nSPS) is 10.2. The average Bonchev–Trinajstić information content (AvgIpc) is 2.32. The number of hydrogen-bond donors (Lipinski definition) is 1. The summed E-state index contributed by atoms with van der Waals surface area (Å²) in [6.45, 7) is 0.330. The first-order valence-corrected chi connectivity index (χ1v) is 5.55. The second-order valence-electron chi connectivity index (χ2n) is 3.31. The van der Waals surface area contributed by atoms with E-state index in [0.717, 1.165) is 5.56 Å². The first-order chi connectivity index (χ1) is 8.15. The summed E-state index contributed by atoms with van der Waals surface area (Å²) in [5.41, 5.74) is 6.53. The maximum Gasteiger partial charge on any atom is 0.166 e. The Bertz CT molecular complexity index is 517.